The van der Waals surface area contributed by atoms with Crippen LogP contribution < -0.4 is 15.4 Å². The summed E-state index contributed by atoms with van der Waals surface area (Å²) in [5, 5.41) is 6.99. The minimum Gasteiger partial charge on any atom is -0.493 e. The van der Waals surface area contributed by atoms with Crippen LogP contribution in [0.1, 0.15) is 63.0 Å². The number of amides is 1. The van der Waals surface area contributed by atoms with E-state index in [9.17, 15) is 4.79 Å². The van der Waals surface area contributed by atoms with Crippen molar-refractivity contribution in [1.82, 2.24) is 15.5 Å². The van der Waals surface area contributed by atoms with Crippen molar-refractivity contribution < 1.29 is 9.53 Å². The number of aliphatic imine (C=N–C) groups is 1. The fourth-order valence-corrected chi connectivity index (χ4v) is 4.17. The fourth-order valence-electron chi connectivity index (χ4n) is 4.17. The molecule has 0 saturated heterocycles. The molecular formula is C23H36N4O2. The lowest BCUT2D eigenvalue weighted by Gasteiger charge is -2.28. The molecule has 3 rings (SSSR count). The Morgan fingerprint density at radius 3 is 2.76 bits per heavy atom. The Bertz CT molecular complexity index is 683. The highest BCUT2D eigenvalue weighted by Crippen LogP contribution is 2.31. The molecule has 1 unspecified atom stereocenters. The molecule has 0 aromatic heterocycles. The third kappa shape index (κ3) is 6.65. The van der Waals surface area contributed by atoms with Crippen molar-refractivity contribution in [3.8, 4) is 5.75 Å². The zero-order valence-corrected chi connectivity index (χ0v) is 18.0. The van der Waals surface area contributed by atoms with Crippen LogP contribution in [0.15, 0.2) is 29.3 Å². The van der Waals surface area contributed by atoms with Crippen molar-refractivity contribution in [3.63, 3.8) is 0 Å². The van der Waals surface area contributed by atoms with Crippen LogP contribution in [0.3, 0.4) is 0 Å². The van der Waals surface area contributed by atoms with Crippen LogP contribution in [0, 0.1) is 5.92 Å². The van der Waals surface area contributed by atoms with Gasteiger partial charge in [0.2, 0.25) is 5.91 Å². The Balaban J connectivity index is 1.57. The number of carbonyl (C=O) groups is 1. The Labute approximate surface area is 175 Å². The van der Waals surface area contributed by atoms with Gasteiger partial charge in [-0.3, -0.25) is 4.79 Å². The number of guanidine groups is 1. The number of carbonyl (C=O) groups excluding carboxylic acids is 1. The number of para-hydroxylation sites is 1. The molecule has 1 aromatic carbocycles. The minimum absolute atomic E-state index is 0.000633. The van der Waals surface area contributed by atoms with E-state index >= 15 is 0 Å². The van der Waals surface area contributed by atoms with Crippen LogP contribution in [0.4, 0.5) is 0 Å². The van der Waals surface area contributed by atoms with Crippen molar-refractivity contribution in [2.45, 2.75) is 57.4 Å². The summed E-state index contributed by atoms with van der Waals surface area (Å²) in [7, 11) is 3.52. The van der Waals surface area contributed by atoms with Crippen molar-refractivity contribution in [3.05, 3.63) is 29.8 Å². The first-order valence-electron chi connectivity index (χ1n) is 11.1. The van der Waals surface area contributed by atoms with Gasteiger partial charge in [-0.25, -0.2) is 4.99 Å². The highest BCUT2D eigenvalue weighted by atomic mass is 16.5. The highest BCUT2D eigenvalue weighted by Gasteiger charge is 2.22. The van der Waals surface area contributed by atoms with E-state index < -0.39 is 0 Å². The van der Waals surface area contributed by atoms with Crippen LogP contribution in [0.2, 0.25) is 0 Å². The summed E-state index contributed by atoms with van der Waals surface area (Å²) in [6.07, 6.45) is 10.2. The Kier molecular flexibility index (Phi) is 8.20. The largest absolute Gasteiger partial charge is 0.493 e. The molecule has 160 valence electrons. The van der Waals surface area contributed by atoms with Crippen LogP contribution in [0.5, 0.6) is 5.75 Å². The van der Waals surface area contributed by atoms with Crippen LogP contribution in [-0.4, -0.2) is 50.6 Å². The topological polar surface area (TPSA) is 66.0 Å². The molecule has 2 aliphatic rings. The molecule has 6 nitrogen and oxygen atoms in total. The third-order valence-electron chi connectivity index (χ3n) is 5.95. The van der Waals surface area contributed by atoms with Gasteiger partial charge >= 0.3 is 0 Å². The van der Waals surface area contributed by atoms with E-state index in [0.29, 0.717) is 12.6 Å². The predicted molar refractivity (Wildman–Crippen MR) is 117 cm³/mol. The summed E-state index contributed by atoms with van der Waals surface area (Å²) < 4.78 is 5.77. The molecule has 1 saturated carbocycles. The normalized spacial score (nSPS) is 19.8. The molecular weight excluding hydrogens is 364 g/mol. The average Bonchev–Trinajstić information content (AvgIpc) is 2.75. The first-order valence-corrected chi connectivity index (χ1v) is 11.1. The third-order valence-corrected chi connectivity index (χ3v) is 5.95. The van der Waals surface area contributed by atoms with E-state index in [0.717, 1.165) is 36.6 Å². The lowest BCUT2D eigenvalue weighted by Crippen LogP contribution is -2.42. The zero-order chi connectivity index (χ0) is 20.5. The van der Waals surface area contributed by atoms with Crippen molar-refractivity contribution in [2.24, 2.45) is 10.9 Å². The predicted octanol–water partition coefficient (Wildman–Crippen LogP) is 3.49. The number of rotatable bonds is 7. The maximum absolute atomic E-state index is 12.0. The molecule has 1 fully saturated rings. The summed E-state index contributed by atoms with van der Waals surface area (Å²) in [6, 6.07) is 8.27. The molecule has 0 radical (unpaired) electrons. The van der Waals surface area contributed by atoms with Gasteiger partial charge in [0, 0.05) is 32.6 Å². The van der Waals surface area contributed by atoms with E-state index in [2.05, 4.69) is 21.7 Å². The Hall–Kier alpha value is -2.24. The molecule has 0 spiro atoms. The number of nitrogens with one attached hydrogen (secondary N) is 2. The molecule has 1 aliphatic heterocycles. The lowest BCUT2D eigenvalue weighted by atomic mass is 9.86. The molecule has 1 amide bonds. The van der Waals surface area contributed by atoms with Gasteiger partial charge in [-0.15, -0.1) is 0 Å². The van der Waals surface area contributed by atoms with E-state index in [4.69, 9.17) is 4.74 Å². The quantitative estimate of drug-likeness (QED) is 0.418. The van der Waals surface area contributed by atoms with Gasteiger partial charge in [0.05, 0.1) is 12.6 Å². The van der Waals surface area contributed by atoms with E-state index in [-0.39, 0.29) is 18.5 Å². The van der Waals surface area contributed by atoms with Crippen molar-refractivity contribution in [1.29, 1.82) is 0 Å². The molecule has 1 heterocycles. The van der Waals surface area contributed by atoms with Gasteiger partial charge in [0.25, 0.3) is 0 Å². The second-order valence-electron chi connectivity index (χ2n) is 8.40. The Morgan fingerprint density at radius 2 is 1.97 bits per heavy atom. The van der Waals surface area contributed by atoms with Gasteiger partial charge in [-0.2, -0.15) is 0 Å². The molecule has 2 N–H and O–H groups in total. The number of hydrogen-bond donors (Lipinski definition) is 2. The fraction of sp³-hybridized carbons (Fsp3) is 0.652. The maximum Gasteiger partial charge on any atom is 0.243 e. The number of likely N-dealkylation sites (N-methyl/N-ethyl adjacent to an activating group) is 1. The smallest absolute Gasteiger partial charge is 0.243 e. The number of hydrogen-bond acceptors (Lipinski definition) is 3. The van der Waals surface area contributed by atoms with Gasteiger partial charge in [0.1, 0.15) is 12.3 Å². The maximum atomic E-state index is 12.0. The summed E-state index contributed by atoms with van der Waals surface area (Å²) in [6.45, 7) is 1.71. The van der Waals surface area contributed by atoms with Crippen LogP contribution >= 0.6 is 0 Å². The number of nitrogens with zero attached hydrogens (tertiary/aromatic N) is 2. The number of benzene rings is 1. The van der Waals surface area contributed by atoms with Gasteiger partial charge in [-0.05, 0) is 24.8 Å². The summed E-state index contributed by atoms with van der Waals surface area (Å²) in [5.41, 5.74) is 1.15. The van der Waals surface area contributed by atoms with Crippen molar-refractivity contribution in [2.75, 3.05) is 33.8 Å². The van der Waals surface area contributed by atoms with Crippen LogP contribution in [0.25, 0.3) is 0 Å². The summed E-state index contributed by atoms with van der Waals surface area (Å²) >= 11 is 0. The Morgan fingerprint density at radius 1 is 1.17 bits per heavy atom. The second kappa shape index (κ2) is 11.1. The molecule has 1 atom stereocenters. The highest BCUT2D eigenvalue weighted by molar-refractivity contribution is 5.85. The monoisotopic (exact) mass is 400 g/mol. The first-order chi connectivity index (χ1) is 14.1. The van der Waals surface area contributed by atoms with E-state index in [1.54, 1.807) is 19.0 Å². The SMILES string of the molecule is CN(C)C(=O)CN=C(NCCCC1CCCCC1)NC1CCOc2ccccc21. The second-order valence-corrected chi connectivity index (χ2v) is 8.40. The first kappa shape index (κ1) is 21.5. The average molecular weight is 401 g/mol. The number of fused-ring (bicyclic) bond motifs is 1. The molecule has 0 bridgehead atoms. The lowest BCUT2D eigenvalue weighted by molar-refractivity contribution is -0.127. The summed E-state index contributed by atoms with van der Waals surface area (Å²) in [4.78, 5) is 18.2. The van der Waals surface area contributed by atoms with Gasteiger partial charge in [-0.1, -0.05) is 50.3 Å². The zero-order valence-electron chi connectivity index (χ0n) is 18.0. The van der Waals surface area contributed by atoms with E-state index in [1.165, 1.54) is 38.5 Å². The molecule has 1 aliphatic carbocycles. The minimum atomic E-state index is 0.000633. The summed E-state index contributed by atoms with van der Waals surface area (Å²) in [5.74, 6) is 2.53. The van der Waals surface area contributed by atoms with Crippen molar-refractivity contribution >= 4 is 11.9 Å². The van der Waals surface area contributed by atoms with E-state index in [1.807, 2.05) is 18.2 Å². The van der Waals surface area contributed by atoms with Gasteiger partial charge < -0.3 is 20.3 Å². The van der Waals surface area contributed by atoms with Crippen LogP contribution in [-0.2, 0) is 4.79 Å². The molecule has 29 heavy (non-hydrogen) atoms. The molecule has 6 heteroatoms. The molecule has 1 aromatic rings. The number of ether oxygens (including phenoxy) is 1. The standard InChI is InChI=1S/C23H36N4O2/c1-27(2)22(28)17-25-23(24-15-8-11-18-9-4-3-5-10-18)26-20-14-16-29-21-13-7-6-12-19(20)21/h6-7,12-13,18,20H,3-5,8-11,14-17H2,1-2H3,(H2,24,25,26). The van der Waals surface area contributed by atoms with Gasteiger partial charge in [0.15, 0.2) is 5.96 Å².